The van der Waals surface area contributed by atoms with Crippen molar-refractivity contribution in [2.45, 2.75) is 26.3 Å². The first-order valence-corrected chi connectivity index (χ1v) is 8.49. The van der Waals surface area contributed by atoms with Crippen molar-refractivity contribution in [1.82, 2.24) is 20.0 Å². The Morgan fingerprint density at radius 1 is 1.29 bits per heavy atom. The maximum absolute atomic E-state index is 12.4. The number of benzene rings is 1. The standard InChI is InChI=1S/C18H20N4OS/c1-2-3-9-22-17(23)16(20-18(22)24)10-15-11-19-21(13-15)12-14-7-5-4-6-8-14/h4-8,10-11,13H,2-3,9,12H2,1H3,(H,20,24). The van der Waals surface area contributed by atoms with Crippen LogP contribution < -0.4 is 5.32 Å². The predicted octanol–water partition coefficient (Wildman–Crippen LogP) is 2.79. The van der Waals surface area contributed by atoms with E-state index in [1.807, 2.05) is 29.1 Å². The maximum Gasteiger partial charge on any atom is 0.276 e. The fourth-order valence-electron chi connectivity index (χ4n) is 2.57. The molecule has 0 unspecified atom stereocenters. The summed E-state index contributed by atoms with van der Waals surface area (Å²) >= 11 is 5.25. The van der Waals surface area contributed by atoms with E-state index in [0.29, 0.717) is 23.9 Å². The summed E-state index contributed by atoms with van der Waals surface area (Å²) in [6.45, 7) is 3.45. The van der Waals surface area contributed by atoms with Crippen LogP contribution in [0.25, 0.3) is 6.08 Å². The number of nitrogens with zero attached hydrogens (tertiary/aromatic N) is 3. The van der Waals surface area contributed by atoms with Crippen molar-refractivity contribution in [3.63, 3.8) is 0 Å². The average molecular weight is 340 g/mol. The lowest BCUT2D eigenvalue weighted by molar-refractivity contribution is -0.122. The minimum absolute atomic E-state index is 0.0655. The van der Waals surface area contributed by atoms with Crippen LogP contribution in [0.5, 0.6) is 0 Å². The molecule has 0 aliphatic carbocycles. The third kappa shape index (κ3) is 3.71. The van der Waals surface area contributed by atoms with Gasteiger partial charge < -0.3 is 5.32 Å². The summed E-state index contributed by atoms with van der Waals surface area (Å²) in [5.41, 5.74) is 2.57. The number of hydrogen-bond donors (Lipinski definition) is 1. The van der Waals surface area contributed by atoms with Gasteiger partial charge in [-0.1, -0.05) is 43.7 Å². The lowest BCUT2D eigenvalue weighted by Gasteiger charge is -2.12. The van der Waals surface area contributed by atoms with E-state index in [4.69, 9.17) is 12.2 Å². The van der Waals surface area contributed by atoms with Crippen molar-refractivity contribution >= 4 is 29.3 Å². The van der Waals surface area contributed by atoms with Crippen LogP contribution in [0.2, 0.25) is 0 Å². The Balaban J connectivity index is 1.71. The highest BCUT2D eigenvalue weighted by atomic mass is 32.1. The number of thiocarbonyl (C=S) groups is 1. The number of unbranched alkanes of at least 4 members (excludes halogenated alkanes) is 1. The molecule has 1 aliphatic heterocycles. The zero-order valence-electron chi connectivity index (χ0n) is 13.6. The van der Waals surface area contributed by atoms with Gasteiger partial charge >= 0.3 is 0 Å². The first-order valence-electron chi connectivity index (χ1n) is 8.08. The van der Waals surface area contributed by atoms with Crippen LogP contribution in [0.1, 0.15) is 30.9 Å². The molecule has 1 aromatic heterocycles. The number of nitrogens with one attached hydrogen (secondary N) is 1. The molecular weight excluding hydrogens is 320 g/mol. The zero-order chi connectivity index (χ0) is 16.9. The van der Waals surface area contributed by atoms with Gasteiger partial charge in [-0.25, -0.2) is 0 Å². The molecule has 1 N–H and O–H groups in total. The molecule has 1 saturated heterocycles. The Morgan fingerprint density at radius 2 is 2.08 bits per heavy atom. The Hall–Kier alpha value is -2.47. The van der Waals surface area contributed by atoms with Crippen LogP contribution in [0, 0.1) is 0 Å². The number of amides is 1. The van der Waals surface area contributed by atoms with E-state index in [0.717, 1.165) is 18.4 Å². The summed E-state index contributed by atoms with van der Waals surface area (Å²) in [7, 11) is 0. The van der Waals surface area contributed by atoms with Gasteiger partial charge in [-0.05, 0) is 30.3 Å². The molecule has 0 spiro atoms. The minimum atomic E-state index is -0.0655. The molecule has 5 nitrogen and oxygen atoms in total. The SMILES string of the molecule is CCCCN1C(=O)C(=Cc2cnn(Cc3ccccc3)c2)NC1=S. The topological polar surface area (TPSA) is 50.2 Å². The summed E-state index contributed by atoms with van der Waals surface area (Å²) in [5, 5.41) is 7.84. The molecule has 2 aromatic rings. The normalized spacial score (nSPS) is 16.0. The fraction of sp³-hybridized carbons (Fsp3) is 0.278. The molecule has 124 valence electrons. The monoisotopic (exact) mass is 340 g/mol. The van der Waals surface area contributed by atoms with Crippen LogP contribution in [0.15, 0.2) is 48.4 Å². The van der Waals surface area contributed by atoms with Gasteiger partial charge in [0.25, 0.3) is 5.91 Å². The van der Waals surface area contributed by atoms with Crippen LogP contribution in [-0.2, 0) is 11.3 Å². The van der Waals surface area contributed by atoms with Gasteiger partial charge in [0.15, 0.2) is 5.11 Å². The number of hydrogen-bond acceptors (Lipinski definition) is 3. The minimum Gasteiger partial charge on any atom is -0.328 e. The second-order valence-electron chi connectivity index (χ2n) is 5.76. The first kappa shape index (κ1) is 16.4. The van der Waals surface area contributed by atoms with Crippen LogP contribution in [0.4, 0.5) is 0 Å². The highest BCUT2D eigenvalue weighted by molar-refractivity contribution is 7.80. The molecule has 0 atom stereocenters. The molecule has 24 heavy (non-hydrogen) atoms. The smallest absolute Gasteiger partial charge is 0.276 e. The van der Waals surface area contributed by atoms with Crippen molar-refractivity contribution in [1.29, 1.82) is 0 Å². The molecule has 1 aromatic carbocycles. The molecule has 1 amide bonds. The van der Waals surface area contributed by atoms with Gasteiger partial charge in [0.1, 0.15) is 5.70 Å². The molecule has 0 radical (unpaired) electrons. The predicted molar refractivity (Wildman–Crippen MR) is 98.1 cm³/mol. The molecule has 0 saturated carbocycles. The van der Waals surface area contributed by atoms with E-state index in [1.165, 1.54) is 5.56 Å². The van der Waals surface area contributed by atoms with E-state index in [2.05, 4.69) is 29.5 Å². The highest BCUT2D eigenvalue weighted by Gasteiger charge is 2.29. The average Bonchev–Trinajstić information content (AvgIpc) is 3.12. The van der Waals surface area contributed by atoms with Gasteiger partial charge in [-0.3, -0.25) is 14.4 Å². The third-order valence-electron chi connectivity index (χ3n) is 3.85. The maximum atomic E-state index is 12.4. The molecule has 3 rings (SSSR count). The molecule has 1 aliphatic rings. The molecule has 2 heterocycles. The van der Waals surface area contributed by atoms with E-state index in [-0.39, 0.29) is 5.91 Å². The lowest BCUT2D eigenvalue weighted by Crippen LogP contribution is -2.31. The Bertz CT molecular complexity index is 766. The van der Waals surface area contributed by atoms with Gasteiger partial charge in [0.2, 0.25) is 0 Å². The Kier molecular flexibility index (Phi) is 5.05. The van der Waals surface area contributed by atoms with E-state index >= 15 is 0 Å². The van der Waals surface area contributed by atoms with Gasteiger partial charge in [-0.15, -0.1) is 0 Å². The second kappa shape index (κ2) is 7.40. The first-order chi connectivity index (χ1) is 11.7. The summed E-state index contributed by atoms with van der Waals surface area (Å²) < 4.78 is 1.86. The van der Waals surface area contributed by atoms with Crippen molar-refractivity contribution in [2.24, 2.45) is 0 Å². The molecular formula is C18H20N4OS. The van der Waals surface area contributed by atoms with E-state index in [1.54, 1.807) is 17.2 Å². The largest absolute Gasteiger partial charge is 0.328 e. The van der Waals surface area contributed by atoms with E-state index in [9.17, 15) is 4.79 Å². The van der Waals surface area contributed by atoms with Gasteiger partial charge in [0.05, 0.1) is 12.7 Å². The quantitative estimate of drug-likeness (QED) is 0.649. The highest BCUT2D eigenvalue weighted by Crippen LogP contribution is 2.15. The summed E-state index contributed by atoms with van der Waals surface area (Å²) in [6.07, 6.45) is 7.44. The number of rotatable bonds is 6. The van der Waals surface area contributed by atoms with Gasteiger partial charge in [-0.2, -0.15) is 5.10 Å². The van der Waals surface area contributed by atoms with E-state index < -0.39 is 0 Å². The summed E-state index contributed by atoms with van der Waals surface area (Å²) in [5.74, 6) is -0.0655. The fourth-order valence-corrected chi connectivity index (χ4v) is 2.85. The van der Waals surface area contributed by atoms with Crippen LogP contribution >= 0.6 is 12.2 Å². The number of carbonyl (C=O) groups excluding carboxylic acids is 1. The van der Waals surface area contributed by atoms with Crippen molar-refractivity contribution in [3.8, 4) is 0 Å². The Labute approximate surface area is 147 Å². The number of carbonyl (C=O) groups is 1. The molecule has 1 fully saturated rings. The van der Waals surface area contributed by atoms with Crippen molar-refractivity contribution < 1.29 is 4.79 Å². The van der Waals surface area contributed by atoms with Crippen molar-refractivity contribution in [3.05, 3.63) is 59.5 Å². The van der Waals surface area contributed by atoms with Crippen molar-refractivity contribution in [2.75, 3.05) is 6.54 Å². The molecule has 6 heteroatoms. The lowest BCUT2D eigenvalue weighted by atomic mass is 10.2. The third-order valence-corrected chi connectivity index (χ3v) is 4.17. The molecule has 0 bridgehead atoms. The Morgan fingerprint density at radius 3 is 2.83 bits per heavy atom. The van der Waals surface area contributed by atoms with Crippen LogP contribution in [0.3, 0.4) is 0 Å². The summed E-state index contributed by atoms with van der Waals surface area (Å²) in [6, 6.07) is 10.1. The van der Waals surface area contributed by atoms with Crippen LogP contribution in [-0.4, -0.2) is 32.2 Å². The second-order valence-corrected chi connectivity index (χ2v) is 6.14. The number of aromatic nitrogens is 2. The zero-order valence-corrected chi connectivity index (χ0v) is 14.4. The summed E-state index contributed by atoms with van der Waals surface area (Å²) in [4.78, 5) is 14.0. The van der Waals surface area contributed by atoms with Gasteiger partial charge in [0, 0.05) is 18.3 Å².